The van der Waals surface area contributed by atoms with Crippen LogP contribution >= 0.6 is 0 Å². The fourth-order valence-corrected chi connectivity index (χ4v) is 3.41. The van der Waals surface area contributed by atoms with Crippen molar-refractivity contribution in [2.75, 3.05) is 5.32 Å². The number of nitrogens with zero attached hydrogens (tertiary/aromatic N) is 3. The molecule has 0 saturated carbocycles. The van der Waals surface area contributed by atoms with Crippen molar-refractivity contribution in [3.8, 4) is 5.75 Å². The molecule has 2 aromatic heterocycles. The number of aryl methyl sites for hydroxylation is 1. The summed E-state index contributed by atoms with van der Waals surface area (Å²) >= 11 is 0. The predicted molar refractivity (Wildman–Crippen MR) is 113 cm³/mol. The maximum atomic E-state index is 13.1. The zero-order chi connectivity index (χ0) is 20.6. The first-order valence-corrected chi connectivity index (χ1v) is 10.0. The molecule has 0 aliphatic heterocycles. The Morgan fingerprint density at radius 1 is 1.10 bits per heavy atom. The molecule has 152 valence electrons. The largest absolute Gasteiger partial charge is 0.506 e. The number of aromatic nitrogens is 3. The molecule has 0 atom stereocenters. The zero-order valence-corrected chi connectivity index (χ0v) is 16.6. The molecule has 0 fully saturated rings. The van der Waals surface area contributed by atoms with Gasteiger partial charge in [-0.25, -0.2) is 4.98 Å². The quantitative estimate of drug-likeness (QED) is 0.532. The summed E-state index contributed by atoms with van der Waals surface area (Å²) in [4.78, 5) is 33.7. The lowest BCUT2D eigenvalue weighted by molar-refractivity contribution is 0.102. The topological polar surface area (TPSA) is 97.1 Å². The molecule has 0 spiro atoms. The average Bonchev–Trinajstić information content (AvgIpc) is 2.73. The van der Waals surface area contributed by atoms with Gasteiger partial charge in [-0.15, -0.1) is 0 Å². The van der Waals surface area contributed by atoms with Crippen molar-refractivity contribution < 1.29 is 9.90 Å². The molecule has 2 N–H and O–H groups in total. The lowest BCUT2D eigenvalue weighted by atomic mass is 10.1. The Balaban J connectivity index is 1.91. The van der Waals surface area contributed by atoms with Crippen LogP contribution in [0.15, 0.2) is 47.7 Å². The third kappa shape index (κ3) is 4.80. The van der Waals surface area contributed by atoms with Gasteiger partial charge in [0.25, 0.3) is 11.5 Å². The number of amides is 1. The Bertz CT molecular complexity index is 1030. The predicted octanol–water partition coefficient (Wildman–Crippen LogP) is 4.11. The molecule has 1 aromatic carbocycles. The van der Waals surface area contributed by atoms with Gasteiger partial charge in [-0.05, 0) is 18.6 Å². The van der Waals surface area contributed by atoms with E-state index in [0.717, 1.165) is 19.3 Å². The number of nitrogens with one attached hydrogen (secondary N) is 1. The highest BCUT2D eigenvalue weighted by Crippen LogP contribution is 2.27. The van der Waals surface area contributed by atoms with Crippen LogP contribution in [-0.2, 0) is 6.54 Å². The monoisotopic (exact) mass is 394 g/mol. The standard InChI is InChI=1S/C22H26N4O3/c1-2-3-4-5-6-9-14-26-17-11-8-7-10-16(17)20(27)19(22(26)29)21(28)25-18-15-23-12-13-24-18/h7-8,10-13,15,27H,2-6,9,14H2,1H3,(H,24,25,28). The number of benzene rings is 1. The van der Waals surface area contributed by atoms with Gasteiger partial charge >= 0.3 is 0 Å². The van der Waals surface area contributed by atoms with E-state index in [9.17, 15) is 14.7 Å². The Hall–Kier alpha value is -3.22. The minimum absolute atomic E-state index is 0.215. The second-order valence-corrected chi connectivity index (χ2v) is 7.01. The number of carbonyl (C=O) groups excluding carboxylic acids is 1. The molecule has 29 heavy (non-hydrogen) atoms. The number of anilines is 1. The van der Waals surface area contributed by atoms with E-state index in [2.05, 4.69) is 22.2 Å². The Labute approximate surface area is 169 Å². The molecule has 0 radical (unpaired) electrons. The zero-order valence-electron chi connectivity index (χ0n) is 16.6. The Morgan fingerprint density at radius 3 is 2.62 bits per heavy atom. The summed E-state index contributed by atoms with van der Waals surface area (Å²) in [5.74, 6) is -0.798. The van der Waals surface area contributed by atoms with Gasteiger partial charge in [-0.3, -0.25) is 14.6 Å². The van der Waals surface area contributed by atoms with E-state index in [1.807, 2.05) is 6.07 Å². The van der Waals surface area contributed by atoms with Crippen LogP contribution in [-0.4, -0.2) is 25.5 Å². The van der Waals surface area contributed by atoms with E-state index in [0.29, 0.717) is 17.4 Å². The molecule has 0 saturated heterocycles. The van der Waals surface area contributed by atoms with Gasteiger partial charge < -0.3 is 15.0 Å². The van der Waals surface area contributed by atoms with Crippen molar-refractivity contribution in [1.29, 1.82) is 0 Å². The molecular formula is C22H26N4O3. The van der Waals surface area contributed by atoms with Gasteiger partial charge in [0.15, 0.2) is 5.82 Å². The van der Waals surface area contributed by atoms with E-state index in [4.69, 9.17) is 0 Å². The van der Waals surface area contributed by atoms with Gasteiger partial charge in [0.05, 0.1) is 11.7 Å². The van der Waals surface area contributed by atoms with Gasteiger partial charge in [-0.1, -0.05) is 51.2 Å². The number of rotatable bonds is 9. The number of carbonyl (C=O) groups is 1. The van der Waals surface area contributed by atoms with Crippen molar-refractivity contribution in [3.05, 3.63) is 58.8 Å². The van der Waals surface area contributed by atoms with E-state index in [1.54, 1.807) is 22.8 Å². The molecule has 7 heteroatoms. The highest BCUT2D eigenvalue weighted by Gasteiger charge is 2.22. The Kier molecular flexibility index (Phi) is 6.94. The van der Waals surface area contributed by atoms with Crippen LogP contribution in [0.2, 0.25) is 0 Å². The van der Waals surface area contributed by atoms with Gasteiger partial charge in [-0.2, -0.15) is 0 Å². The van der Waals surface area contributed by atoms with Gasteiger partial charge in [0.2, 0.25) is 0 Å². The second-order valence-electron chi connectivity index (χ2n) is 7.01. The minimum Gasteiger partial charge on any atom is -0.506 e. The highest BCUT2D eigenvalue weighted by atomic mass is 16.3. The SMILES string of the molecule is CCCCCCCCn1c(=O)c(C(=O)Nc2cnccn2)c(O)c2ccccc21. The fourth-order valence-electron chi connectivity index (χ4n) is 3.41. The number of para-hydroxylation sites is 1. The fraction of sp³-hybridized carbons (Fsp3) is 0.364. The summed E-state index contributed by atoms with van der Waals surface area (Å²) in [6.07, 6.45) is 10.9. The molecular weight excluding hydrogens is 368 g/mol. The third-order valence-electron chi connectivity index (χ3n) is 4.91. The maximum Gasteiger partial charge on any atom is 0.267 e. The van der Waals surface area contributed by atoms with E-state index in [1.165, 1.54) is 37.9 Å². The lowest BCUT2D eigenvalue weighted by Crippen LogP contribution is -2.30. The summed E-state index contributed by atoms with van der Waals surface area (Å²) in [6, 6.07) is 7.09. The normalized spacial score (nSPS) is 10.9. The summed E-state index contributed by atoms with van der Waals surface area (Å²) in [5, 5.41) is 13.7. The third-order valence-corrected chi connectivity index (χ3v) is 4.91. The van der Waals surface area contributed by atoms with E-state index >= 15 is 0 Å². The number of aromatic hydroxyl groups is 1. The summed E-state index contributed by atoms with van der Waals surface area (Å²) in [5.41, 5.74) is -0.156. The maximum absolute atomic E-state index is 13.1. The minimum atomic E-state index is -0.699. The van der Waals surface area contributed by atoms with Gasteiger partial charge in [0.1, 0.15) is 11.3 Å². The van der Waals surface area contributed by atoms with Crippen LogP contribution in [0.3, 0.4) is 0 Å². The smallest absolute Gasteiger partial charge is 0.267 e. The number of unbranched alkanes of at least 4 members (excludes halogenated alkanes) is 5. The number of hydrogen-bond donors (Lipinski definition) is 2. The molecule has 0 bridgehead atoms. The molecule has 3 aromatic rings. The van der Waals surface area contributed by atoms with Crippen LogP contribution in [0.5, 0.6) is 5.75 Å². The van der Waals surface area contributed by atoms with Gasteiger partial charge in [0, 0.05) is 24.3 Å². The van der Waals surface area contributed by atoms with Crippen LogP contribution in [0.1, 0.15) is 55.8 Å². The average molecular weight is 394 g/mol. The summed E-state index contributed by atoms with van der Waals surface area (Å²) in [7, 11) is 0. The highest BCUT2D eigenvalue weighted by molar-refractivity contribution is 6.08. The van der Waals surface area contributed by atoms with Crippen LogP contribution in [0, 0.1) is 0 Å². The molecule has 0 unspecified atom stereocenters. The molecule has 3 rings (SSSR count). The van der Waals surface area contributed by atoms with Crippen molar-refractivity contribution in [2.45, 2.75) is 52.0 Å². The van der Waals surface area contributed by atoms with Crippen LogP contribution in [0.25, 0.3) is 10.9 Å². The molecule has 7 nitrogen and oxygen atoms in total. The summed E-state index contributed by atoms with van der Waals surface area (Å²) in [6.45, 7) is 2.67. The Morgan fingerprint density at radius 2 is 1.86 bits per heavy atom. The number of pyridine rings is 1. The van der Waals surface area contributed by atoms with Crippen LogP contribution < -0.4 is 10.9 Å². The summed E-state index contributed by atoms with van der Waals surface area (Å²) < 4.78 is 1.58. The number of fused-ring (bicyclic) bond motifs is 1. The molecule has 0 aliphatic carbocycles. The van der Waals surface area contributed by atoms with Crippen molar-refractivity contribution in [3.63, 3.8) is 0 Å². The number of hydrogen-bond acceptors (Lipinski definition) is 5. The molecule has 2 heterocycles. The van der Waals surface area contributed by atoms with Crippen molar-refractivity contribution >= 4 is 22.6 Å². The lowest BCUT2D eigenvalue weighted by Gasteiger charge is -2.15. The first-order valence-electron chi connectivity index (χ1n) is 10.0. The second kappa shape index (κ2) is 9.82. The first-order chi connectivity index (χ1) is 14.1. The van der Waals surface area contributed by atoms with E-state index in [-0.39, 0.29) is 17.1 Å². The van der Waals surface area contributed by atoms with Crippen molar-refractivity contribution in [1.82, 2.24) is 14.5 Å². The molecule has 0 aliphatic rings. The van der Waals surface area contributed by atoms with Crippen molar-refractivity contribution in [2.24, 2.45) is 0 Å². The van der Waals surface area contributed by atoms with Crippen LogP contribution in [0.4, 0.5) is 5.82 Å². The first kappa shape index (κ1) is 20.5. The van der Waals surface area contributed by atoms with E-state index < -0.39 is 11.5 Å². The molecule has 1 amide bonds.